The lowest BCUT2D eigenvalue weighted by Crippen LogP contribution is -2.33. The summed E-state index contributed by atoms with van der Waals surface area (Å²) in [5, 5.41) is 18.5. The average Bonchev–Trinajstić information content (AvgIpc) is 2.45. The number of hydrogen-bond acceptors (Lipinski definition) is 3. The van der Waals surface area contributed by atoms with Gasteiger partial charge < -0.3 is 14.8 Å². The van der Waals surface area contributed by atoms with Crippen LogP contribution in [-0.2, 0) is 17.8 Å². The third-order valence-electron chi connectivity index (χ3n) is 2.97. The van der Waals surface area contributed by atoms with E-state index in [2.05, 4.69) is 12.1 Å². The molecule has 2 N–H and O–H groups in total. The molecule has 0 bridgehead atoms. The van der Waals surface area contributed by atoms with Crippen molar-refractivity contribution in [3.63, 3.8) is 0 Å². The van der Waals surface area contributed by atoms with Gasteiger partial charge in [-0.15, -0.1) is 0 Å². The Morgan fingerprint density at radius 1 is 0.895 bits per heavy atom. The van der Waals surface area contributed by atoms with E-state index in [1.807, 2.05) is 30.3 Å². The molecule has 0 saturated heterocycles. The molecule has 0 atom stereocenters. The predicted octanol–water partition coefficient (Wildman–Crippen LogP) is 1.13. The molecule has 2 aromatic carbocycles. The molecule has 0 saturated carbocycles. The summed E-state index contributed by atoms with van der Waals surface area (Å²) in [6.45, 7) is 1.00. The summed E-state index contributed by atoms with van der Waals surface area (Å²) in [5.74, 6) is 0. The molecule has 0 fully saturated rings. The van der Waals surface area contributed by atoms with Gasteiger partial charge in [-0.1, -0.05) is 54.6 Å². The maximum atomic E-state index is 9.24. The lowest BCUT2D eigenvalue weighted by molar-refractivity contribution is 0.124. The van der Waals surface area contributed by atoms with Crippen molar-refractivity contribution in [2.75, 3.05) is 6.61 Å². The summed E-state index contributed by atoms with van der Waals surface area (Å²) in [6.07, 6.45) is 0.852. The fraction of sp³-hybridized carbons (Fsp3) is 0.200. The van der Waals surface area contributed by atoms with E-state index in [0.717, 1.165) is 12.0 Å². The molecule has 0 amide bonds. The van der Waals surface area contributed by atoms with Gasteiger partial charge in [-0.25, -0.2) is 0 Å². The standard InChI is InChI=1S/C15H17BO3/c17-16(18)15-9-5-4-8-14(15)12-19-11-10-13-6-2-1-3-7-13/h1-9,17-18H,10-12H2. The molecule has 0 aliphatic heterocycles. The summed E-state index contributed by atoms with van der Waals surface area (Å²) in [4.78, 5) is 0. The van der Waals surface area contributed by atoms with Crippen molar-refractivity contribution in [2.45, 2.75) is 13.0 Å². The highest BCUT2D eigenvalue weighted by atomic mass is 16.5. The van der Waals surface area contributed by atoms with Gasteiger partial charge >= 0.3 is 7.12 Å². The number of hydrogen-bond donors (Lipinski definition) is 2. The van der Waals surface area contributed by atoms with Crippen molar-refractivity contribution >= 4 is 12.6 Å². The highest BCUT2D eigenvalue weighted by Crippen LogP contribution is 2.03. The van der Waals surface area contributed by atoms with Crippen molar-refractivity contribution in [1.29, 1.82) is 0 Å². The van der Waals surface area contributed by atoms with Gasteiger partial charge in [0.25, 0.3) is 0 Å². The molecule has 2 aromatic rings. The number of ether oxygens (including phenoxy) is 1. The molecule has 0 unspecified atom stereocenters. The van der Waals surface area contributed by atoms with Gasteiger partial charge in [0.1, 0.15) is 0 Å². The molecular weight excluding hydrogens is 239 g/mol. The van der Waals surface area contributed by atoms with Crippen LogP contribution in [0, 0.1) is 0 Å². The molecule has 3 nitrogen and oxygen atoms in total. The third kappa shape index (κ3) is 4.21. The van der Waals surface area contributed by atoms with Crippen LogP contribution in [0.25, 0.3) is 0 Å². The predicted molar refractivity (Wildman–Crippen MR) is 76.1 cm³/mol. The van der Waals surface area contributed by atoms with E-state index in [4.69, 9.17) is 4.74 Å². The van der Waals surface area contributed by atoms with Gasteiger partial charge in [0.2, 0.25) is 0 Å². The molecular formula is C15H17BO3. The van der Waals surface area contributed by atoms with Gasteiger partial charge in [0, 0.05) is 0 Å². The zero-order valence-corrected chi connectivity index (χ0v) is 10.7. The summed E-state index contributed by atoms with van der Waals surface area (Å²) >= 11 is 0. The first kappa shape index (κ1) is 13.8. The average molecular weight is 256 g/mol. The summed E-state index contributed by atoms with van der Waals surface area (Å²) in [7, 11) is -1.45. The van der Waals surface area contributed by atoms with E-state index in [0.29, 0.717) is 18.7 Å². The van der Waals surface area contributed by atoms with Crippen LogP contribution in [0.4, 0.5) is 0 Å². The molecule has 19 heavy (non-hydrogen) atoms. The molecule has 0 spiro atoms. The third-order valence-corrected chi connectivity index (χ3v) is 2.97. The molecule has 0 radical (unpaired) electrons. The fourth-order valence-electron chi connectivity index (χ4n) is 1.93. The van der Waals surface area contributed by atoms with Crippen molar-refractivity contribution in [2.24, 2.45) is 0 Å². The smallest absolute Gasteiger partial charge is 0.423 e. The van der Waals surface area contributed by atoms with E-state index < -0.39 is 7.12 Å². The lowest BCUT2D eigenvalue weighted by Gasteiger charge is -2.09. The first-order valence-electron chi connectivity index (χ1n) is 6.33. The molecule has 98 valence electrons. The SMILES string of the molecule is OB(O)c1ccccc1COCCc1ccccc1. The van der Waals surface area contributed by atoms with Gasteiger partial charge in [0.15, 0.2) is 0 Å². The van der Waals surface area contributed by atoms with Crippen LogP contribution in [0.15, 0.2) is 54.6 Å². The van der Waals surface area contributed by atoms with Crippen LogP contribution < -0.4 is 5.46 Å². The normalized spacial score (nSPS) is 10.4. The van der Waals surface area contributed by atoms with Crippen LogP contribution in [0.2, 0.25) is 0 Å². The Kier molecular flexibility index (Phi) is 5.15. The van der Waals surface area contributed by atoms with Gasteiger partial charge in [-0.2, -0.15) is 0 Å². The Hall–Kier alpha value is -1.62. The Morgan fingerprint density at radius 3 is 2.32 bits per heavy atom. The molecule has 4 heteroatoms. The van der Waals surface area contributed by atoms with E-state index in [-0.39, 0.29) is 0 Å². The Balaban J connectivity index is 1.83. The second-order valence-corrected chi connectivity index (χ2v) is 4.36. The van der Waals surface area contributed by atoms with Crippen LogP contribution in [-0.4, -0.2) is 23.8 Å². The van der Waals surface area contributed by atoms with Crippen molar-refractivity contribution in [3.05, 3.63) is 65.7 Å². The van der Waals surface area contributed by atoms with Crippen LogP contribution in [0.5, 0.6) is 0 Å². The minimum atomic E-state index is -1.45. The highest BCUT2D eigenvalue weighted by Gasteiger charge is 2.14. The van der Waals surface area contributed by atoms with E-state index in [9.17, 15) is 10.0 Å². The Morgan fingerprint density at radius 2 is 1.58 bits per heavy atom. The molecule has 2 rings (SSSR count). The van der Waals surface area contributed by atoms with E-state index >= 15 is 0 Å². The topological polar surface area (TPSA) is 49.7 Å². The highest BCUT2D eigenvalue weighted by molar-refractivity contribution is 6.59. The maximum Gasteiger partial charge on any atom is 0.488 e. The van der Waals surface area contributed by atoms with Gasteiger partial charge in [-0.3, -0.25) is 0 Å². The fourth-order valence-corrected chi connectivity index (χ4v) is 1.93. The largest absolute Gasteiger partial charge is 0.488 e. The zero-order valence-electron chi connectivity index (χ0n) is 10.7. The monoisotopic (exact) mass is 256 g/mol. The summed E-state index contributed by atoms with van der Waals surface area (Å²) in [5.41, 5.74) is 2.55. The maximum absolute atomic E-state index is 9.24. The number of benzene rings is 2. The van der Waals surface area contributed by atoms with Crippen LogP contribution in [0.1, 0.15) is 11.1 Å². The summed E-state index contributed by atoms with van der Waals surface area (Å²) in [6, 6.07) is 17.3. The van der Waals surface area contributed by atoms with Crippen molar-refractivity contribution in [1.82, 2.24) is 0 Å². The lowest BCUT2D eigenvalue weighted by atomic mass is 9.77. The number of rotatable bonds is 6. The summed E-state index contributed by atoms with van der Waals surface area (Å²) < 4.78 is 5.59. The molecule has 0 aliphatic carbocycles. The quantitative estimate of drug-likeness (QED) is 0.601. The zero-order chi connectivity index (χ0) is 13.5. The van der Waals surface area contributed by atoms with E-state index in [1.165, 1.54) is 5.56 Å². The second kappa shape index (κ2) is 7.09. The van der Waals surface area contributed by atoms with Crippen molar-refractivity contribution in [3.8, 4) is 0 Å². The van der Waals surface area contributed by atoms with Gasteiger partial charge in [-0.05, 0) is 23.0 Å². The minimum Gasteiger partial charge on any atom is -0.423 e. The molecule has 0 heterocycles. The van der Waals surface area contributed by atoms with Crippen LogP contribution in [0.3, 0.4) is 0 Å². The Labute approximate surface area is 113 Å². The van der Waals surface area contributed by atoms with Gasteiger partial charge in [0.05, 0.1) is 13.2 Å². The van der Waals surface area contributed by atoms with Crippen molar-refractivity contribution < 1.29 is 14.8 Å². The molecule has 0 aromatic heterocycles. The van der Waals surface area contributed by atoms with Crippen LogP contribution >= 0.6 is 0 Å². The second-order valence-electron chi connectivity index (χ2n) is 4.36. The minimum absolute atomic E-state index is 0.390. The molecule has 0 aliphatic rings. The Bertz CT molecular complexity index is 500. The van der Waals surface area contributed by atoms with E-state index in [1.54, 1.807) is 12.1 Å². The first-order chi connectivity index (χ1) is 9.27. The first-order valence-corrected chi connectivity index (χ1v) is 6.33.